The van der Waals surface area contributed by atoms with E-state index in [0.717, 1.165) is 6.54 Å². The van der Waals surface area contributed by atoms with Crippen molar-refractivity contribution in [3.8, 4) is 5.88 Å². The molecule has 0 bridgehead atoms. The Kier molecular flexibility index (Phi) is 4.10. The van der Waals surface area contributed by atoms with Crippen LogP contribution in [0.4, 0.5) is 0 Å². The summed E-state index contributed by atoms with van der Waals surface area (Å²) < 4.78 is 5.40. The van der Waals surface area contributed by atoms with E-state index in [1.54, 1.807) is 13.0 Å². The molecule has 0 aliphatic heterocycles. The van der Waals surface area contributed by atoms with E-state index in [1.165, 1.54) is 0 Å². The number of aryl methyl sites for hydroxylation is 1. The number of nitrogens with zero attached hydrogens (tertiary/aromatic N) is 3. The summed E-state index contributed by atoms with van der Waals surface area (Å²) in [4.78, 5) is 10.1. The molecule has 0 aromatic carbocycles. The number of rotatable bonds is 4. The lowest BCUT2D eigenvalue weighted by atomic mass is 10.5. The lowest BCUT2D eigenvalue weighted by Crippen LogP contribution is -2.19. The smallest absolute Gasteiger partial charge is 0.218 e. The lowest BCUT2D eigenvalue weighted by molar-refractivity contribution is 0.253. The van der Waals surface area contributed by atoms with E-state index in [0.29, 0.717) is 23.5 Å². The molecule has 4 nitrogen and oxygen atoms in total. The minimum Gasteiger partial charge on any atom is -0.476 e. The largest absolute Gasteiger partial charge is 0.476 e. The molecule has 0 spiro atoms. The van der Waals surface area contributed by atoms with Crippen molar-refractivity contribution in [2.45, 2.75) is 6.92 Å². The second kappa shape index (κ2) is 5.12. The van der Waals surface area contributed by atoms with Gasteiger partial charge in [-0.05, 0) is 21.0 Å². The van der Waals surface area contributed by atoms with E-state index in [1.807, 2.05) is 19.0 Å². The highest BCUT2D eigenvalue weighted by molar-refractivity contribution is 6.29. The van der Waals surface area contributed by atoms with E-state index in [9.17, 15) is 0 Å². The molecule has 0 unspecified atom stereocenters. The van der Waals surface area contributed by atoms with Gasteiger partial charge in [-0.15, -0.1) is 0 Å². The van der Waals surface area contributed by atoms with Gasteiger partial charge in [0.2, 0.25) is 5.88 Å². The first-order chi connectivity index (χ1) is 6.58. The predicted octanol–water partition coefficient (Wildman–Crippen LogP) is 1.38. The van der Waals surface area contributed by atoms with E-state index in [4.69, 9.17) is 16.3 Å². The van der Waals surface area contributed by atoms with Gasteiger partial charge >= 0.3 is 0 Å². The van der Waals surface area contributed by atoms with Gasteiger partial charge in [-0.2, -0.15) is 4.98 Å². The minimum atomic E-state index is 0.414. The zero-order chi connectivity index (χ0) is 10.6. The summed E-state index contributed by atoms with van der Waals surface area (Å²) in [5.41, 5.74) is 0. The standard InChI is InChI=1S/C9H14ClN3O/c1-7-11-8(10)6-9(12-7)14-5-4-13(2)3/h6H,4-5H2,1-3H3. The van der Waals surface area contributed by atoms with Gasteiger partial charge in [0.05, 0.1) is 0 Å². The van der Waals surface area contributed by atoms with Gasteiger partial charge in [-0.3, -0.25) is 0 Å². The molecule has 1 heterocycles. The molecule has 0 radical (unpaired) electrons. The summed E-state index contributed by atoms with van der Waals surface area (Å²) in [5, 5.41) is 0.414. The van der Waals surface area contributed by atoms with Crippen LogP contribution in [0.25, 0.3) is 0 Å². The number of hydrogen-bond donors (Lipinski definition) is 0. The molecular weight excluding hydrogens is 202 g/mol. The van der Waals surface area contributed by atoms with Gasteiger partial charge in [-0.25, -0.2) is 4.98 Å². The first-order valence-corrected chi connectivity index (χ1v) is 4.74. The monoisotopic (exact) mass is 215 g/mol. The topological polar surface area (TPSA) is 38.2 Å². The Morgan fingerprint density at radius 1 is 1.43 bits per heavy atom. The van der Waals surface area contributed by atoms with Crippen molar-refractivity contribution in [3.63, 3.8) is 0 Å². The van der Waals surface area contributed by atoms with E-state index >= 15 is 0 Å². The molecule has 78 valence electrons. The zero-order valence-electron chi connectivity index (χ0n) is 8.62. The summed E-state index contributed by atoms with van der Waals surface area (Å²) in [7, 11) is 3.98. The first-order valence-electron chi connectivity index (χ1n) is 4.36. The second-order valence-electron chi connectivity index (χ2n) is 3.23. The van der Waals surface area contributed by atoms with Crippen molar-refractivity contribution < 1.29 is 4.74 Å². The van der Waals surface area contributed by atoms with Gasteiger partial charge in [-0.1, -0.05) is 11.6 Å². The molecule has 0 fully saturated rings. The molecule has 5 heteroatoms. The van der Waals surface area contributed by atoms with Crippen LogP contribution in [0.3, 0.4) is 0 Å². The van der Waals surface area contributed by atoms with E-state index in [2.05, 4.69) is 9.97 Å². The molecule has 1 aromatic rings. The van der Waals surface area contributed by atoms with Crippen molar-refractivity contribution >= 4 is 11.6 Å². The summed E-state index contributed by atoms with van der Waals surface area (Å²) in [5.74, 6) is 1.15. The zero-order valence-corrected chi connectivity index (χ0v) is 9.38. The van der Waals surface area contributed by atoms with Gasteiger partial charge in [0.15, 0.2) is 0 Å². The number of hydrogen-bond acceptors (Lipinski definition) is 4. The van der Waals surface area contributed by atoms with Crippen LogP contribution >= 0.6 is 11.6 Å². The number of likely N-dealkylation sites (N-methyl/N-ethyl adjacent to an activating group) is 1. The fourth-order valence-electron chi connectivity index (χ4n) is 0.912. The Hall–Kier alpha value is -0.870. The van der Waals surface area contributed by atoms with Crippen LogP contribution in [-0.4, -0.2) is 42.1 Å². The summed E-state index contributed by atoms with van der Waals surface area (Å²) in [6.07, 6.45) is 0. The molecular formula is C9H14ClN3O. The third-order valence-electron chi connectivity index (χ3n) is 1.57. The third kappa shape index (κ3) is 3.89. The van der Waals surface area contributed by atoms with Crippen LogP contribution in [0, 0.1) is 6.92 Å². The van der Waals surface area contributed by atoms with Crippen LogP contribution in [0.5, 0.6) is 5.88 Å². The van der Waals surface area contributed by atoms with Crippen LogP contribution in [-0.2, 0) is 0 Å². The molecule has 0 N–H and O–H groups in total. The summed E-state index contributed by atoms with van der Waals surface area (Å²) in [6.45, 7) is 3.23. The summed E-state index contributed by atoms with van der Waals surface area (Å²) in [6, 6.07) is 1.62. The molecule has 0 saturated heterocycles. The van der Waals surface area contributed by atoms with Crippen LogP contribution < -0.4 is 4.74 Å². The second-order valence-corrected chi connectivity index (χ2v) is 3.62. The predicted molar refractivity (Wildman–Crippen MR) is 55.8 cm³/mol. The van der Waals surface area contributed by atoms with Crippen molar-refractivity contribution in [1.82, 2.24) is 14.9 Å². The van der Waals surface area contributed by atoms with Crippen molar-refractivity contribution in [2.24, 2.45) is 0 Å². The highest BCUT2D eigenvalue weighted by Crippen LogP contribution is 2.12. The number of ether oxygens (including phenoxy) is 1. The van der Waals surface area contributed by atoms with E-state index < -0.39 is 0 Å². The Labute approximate surface area is 88.9 Å². The lowest BCUT2D eigenvalue weighted by Gasteiger charge is -2.10. The average Bonchev–Trinajstić information content (AvgIpc) is 2.01. The Balaban J connectivity index is 2.50. The molecule has 1 aromatic heterocycles. The van der Waals surface area contributed by atoms with Crippen LogP contribution in [0.15, 0.2) is 6.07 Å². The molecule has 14 heavy (non-hydrogen) atoms. The van der Waals surface area contributed by atoms with Crippen molar-refractivity contribution in [1.29, 1.82) is 0 Å². The Bertz CT molecular complexity index is 284. The maximum atomic E-state index is 5.75. The SMILES string of the molecule is Cc1nc(Cl)cc(OCCN(C)C)n1. The first kappa shape index (κ1) is 11.2. The van der Waals surface area contributed by atoms with Gasteiger partial charge in [0, 0.05) is 12.6 Å². The quantitative estimate of drug-likeness (QED) is 0.712. The molecule has 0 amide bonds. The molecule has 0 aliphatic carbocycles. The number of halogens is 1. The maximum absolute atomic E-state index is 5.75. The molecule has 0 aliphatic rings. The normalized spacial score (nSPS) is 10.6. The molecule has 0 atom stereocenters. The Morgan fingerprint density at radius 3 is 2.71 bits per heavy atom. The number of aromatic nitrogens is 2. The fourth-order valence-corrected chi connectivity index (χ4v) is 1.13. The average molecular weight is 216 g/mol. The van der Waals surface area contributed by atoms with Crippen LogP contribution in [0.2, 0.25) is 5.15 Å². The van der Waals surface area contributed by atoms with E-state index in [-0.39, 0.29) is 0 Å². The van der Waals surface area contributed by atoms with Gasteiger partial charge in [0.1, 0.15) is 17.6 Å². The maximum Gasteiger partial charge on any atom is 0.218 e. The Morgan fingerprint density at radius 2 is 2.14 bits per heavy atom. The molecule has 0 saturated carbocycles. The highest BCUT2D eigenvalue weighted by Gasteiger charge is 2.00. The van der Waals surface area contributed by atoms with Gasteiger partial charge < -0.3 is 9.64 Å². The minimum absolute atomic E-state index is 0.414. The van der Waals surface area contributed by atoms with Gasteiger partial charge in [0.25, 0.3) is 0 Å². The fraction of sp³-hybridized carbons (Fsp3) is 0.556. The third-order valence-corrected chi connectivity index (χ3v) is 1.77. The highest BCUT2D eigenvalue weighted by atomic mass is 35.5. The van der Waals surface area contributed by atoms with Crippen LogP contribution in [0.1, 0.15) is 5.82 Å². The summed E-state index contributed by atoms with van der Waals surface area (Å²) >= 11 is 5.75. The van der Waals surface area contributed by atoms with Crippen molar-refractivity contribution in [2.75, 3.05) is 27.2 Å². The van der Waals surface area contributed by atoms with Crippen molar-refractivity contribution in [3.05, 3.63) is 17.0 Å². The molecule has 1 rings (SSSR count).